The molecule has 0 saturated heterocycles. The molecule has 1 aromatic rings. The van der Waals surface area contributed by atoms with Crippen LogP contribution in [0, 0.1) is 5.82 Å². The van der Waals surface area contributed by atoms with Crippen molar-refractivity contribution in [3.63, 3.8) is 0 Å². The summed E-state index contributed by atoms with van der Waals surface area (Å²) in [5, 5.41) is 0. The molecular weight excluding hydrogens is 243 g/mol. The van der Waals surface area contributed by atoms with Gasteiger partial charge >= 0.3 is 0 Å². The van der Waals surface area contributed by atoms with Crippen molar-refractivity contribution in [2.45, 2.75) is 6.54 Å². The number of hydrogen-bond donors (Lipinski definition) is 2. The van der Waals surface area contributed by atoms with E-state index < -0.39 is 15.8 Å². The van der Waals surface area contributed by atoms with Gasteiger partial charge in [-0.2, -0.15) is 0 Å². The number of halogens is 2. The van der Waals surface area contributed by atoms with E-state index in [4.69, 9.17) is 0 Å². The van der Waals surface area contributed by atoms with Crippen molar-refractivity contribution in [3.8, 4) is 0 Å². The molecule has 0 heterocycles. The van der Waals surface area contributed by atoms with E-state index in [1.165, 1.54) is 12.1 Å². The molecule has 7 heteroatoms. The van der Waals surface area contributed by atoms with Crippen molar-refractivity contribution in [2.75, 3.05) is 11.0 Å². The maximum absolute atomic E-state index is 13.2. The molecule has 0 aliphatic heterocycles. The molecule has 1 rings (SSSR count). The fourth-order valence-corrected chi connectivity index (χ4v) is 1.56. The van der Waals surface area contributed by atoms with Gasteiger partial charge in [0.15, 0.2) is 0 Å². The summed E-state index contributed by atoms with van der Waals surface area (Å²) in [6, 6.07) is 4.28. The molecule has 0 spiro atoms. The Morgan fingerprint density at radius 3 is 2.47 bits per heavy atom. The van der Waals surface area contributed by atoms with E-state index in [0.717, 1.165) is 11.8 Å². The van der Waals surface area contributed by atoms with Crippen LogP contribution in [-0.4, -0.2) is 14.7 Å². The highest BCUT2D eigenvalue weighted by molar-refractivity contribution is 7.92. The largest absolute Gasteiger partial charge is 1.00 e. The molecule has 0 unspecified atom stereocenters. The molecule has 0 aromatic heterocycles. The van der Waals surface area contributed by atoms with E-state index in [0.29, 0.717) is 6.54 Å². The Labute approximate surface area is 94.1 Å². The first-order valence-corrected chi connectivity index (χ1v) is 5.87. The maximum Gasteiger partial charge on any atom is 0.229 e. The van der Waals surface area contributed by atoms with E-state index in [1.54, 1.807) is 6.07 Å². The third-order valence-electron chi connectivity index (χ3n) is 1.62. The van der Waals surface area contributed by atoms with Crippen LogP contribution in [0.3, 0.4) is 0 Å². The van der Waals surface area contributed by atoms with Crippen molar-refractivity contribution in [3.05, 3.63) is 29.6 Å². The predicted molar refractivity (Wildman–Crippen MR) is 51.5 cm³/mol. The maximum atomic E-state index is 13.2. The lowest BCUT2D eigenvalue weighted by Crippen LogP contribution is -3.00. The van der Waals surface area contributed by atoms with Crippen molar-refractivity contribution in [1.82, 2.24) is 0 Å². The fraction of sp³-hybridized carbons (Fsp3) is 0.250. The summed E-state index contributed by atoms with van der Waals surface area (Å²) in [5.41, 5.74) is 4.28. The lowest BCUT2D eigenvalue weighted by molar-refractivity contribution is -0.386. The number of nitrogens with one attached hydrogen (secondary N) is 1. The minimum atomic E-state index is -3.42. The summed E-state index contributed by atoms with van der Waals surface area (Å²) < 4.78 is 36.9. The van der Waals surface area contributed by atoms with Crippen LogP contribution < -0.4 is 22.9 Å². The van der Waals surface area contributed by atoms with Gasteiger partial charge in [-0.1, -0.05) is 6.07 Å². The van der Waals surface area contributed by atoms with Gasteiger partial charge in [-0.3, -0.25) is 4.72 Å². The Morgan fingerprint density at radius 1 is 1.47 bits per heavy atom. The smallest absolute Gasteiger partial charge is 0.229 e. The summed E-state index contributed by atoms with van der Waals surface area (Å²) in [4.78, 5) is 0. The van der Waals surface area contributed by atoms with Gasteiger partial charge in [0.2, 0.25) is 10.0 Å². The first-order chi connectivity index (χ1) is 6.42. The lowest BCUT2D eigenvalue weighted by Gasteiger charge is -2.05. The normalized spacial score (nSPS) is 10.6. The minimum Gasteiger partial charge on any atom is -1.00 e. The van der Waals surface area contributed by atoms with Gasteiger partial charge in [-0.05, 0) is 12.1 Å². The van der Waals surface area contributed by atoms with Gasteiger partial charge in [0, 0.05) is 5.56 Å². The monoisotopic (exact) mass is 254 g/mol. The predicted octanol–water partition coefficient (Wildman–Crippen LogP) is -3.06. The van der Waals surface area contributed by atoms with Crippen LogP contribution in [-0.2, 0) is 16.6 Å². The fourth-order valence-electron chi connectivity index (χ4n) is 0.997. The van der Waals surface area contributed by atoms with Crippen molar-refractivity contribution >= 4 is 15.7 Å². The molecule has 0 bridgehead atoms. The molecule has 0 fully saturated rings. The van der Waals surface area contributed by atoms with E-state index in [2.05, 4.69) is 10.5 Å². The summed E-state index contributed by atoms with van der Waals surface area (Å²) in [7, 11) is -3.42. The summed E-state index contributed by atoms with van der Waals surface area (Å²) >= 11 is 0. The zero-order valence-electron chi connectivity index (χ0n) is 8.13. The molecule has 0 aliphatic rings. The molecule has 1 aromatic carbocycles. The third kappa shape index (κ3) is 4.46. The number of sulfonamides is 1. The van der Waals surface area contributed by atoms with Crippen LogP contribution in [0.25, 0.3) is 0 Å². The highest BCUT2D eigenvalue weighted by atomic mass is 35.5. The second kappa shape index (κ2) is 5.29. The zero-order chi connectivity index (χ0) is 10.8. The third-order valence-corrected chi connectivity index (χ3v) is 2.21. The van der Waals surface area contributed by atoms with Crippen molar-refractivity contribution < 1.29 is 30.9 Å². The van der Waals surface area contributed by atoms with E-state index in [1.807, 2.05) is 0 Å². The molecule has 86 valence electrons. The first-order valence-electron chi connectivity index (χ1n) is 3.98. The van der Waals surface area contributed by atoms with Crippen LogP contribution in [0.1, 0.15) is 5.56 Å². The first kappa shape index (κ1) is 14.2. The summed E-state index contributed by atoms with van der Waals surface area (Å²) in [6.07, 6.45) is 0.974. The lowest BCUT2D eigenvalue weighted by atomic mass is 10.2. The minimum absolute atomic E-state index is 0. The number of anilines is 1. The number of hydrogen-bond acceptors (Lipinski definition) is 2. The van der Waals surface area contributed by atoms with Crippen LogP contribution in [0.2, 0.25) is 0 Å². The molecule has 0 aliphatic carbocycles. The molecule has 15 heavy (non-hydrogen) atoms. The van der Waals surface area contributed by atoms with Gasteiger partial charge in [-0.25, -0.2) is 12.8 Å². The average molecular weight is 255 g/mol. The van der Waals surface area contributed by atoms with Gasteiger partial charge in [0.05, 0.1) is 18.5 Å². The van der Waals surface area contributed by atoms with Gasteiger partial charge in [-0.15, -0.1) is 0 Å². The average Bonchev–Trinajstić information content (AvgIpc) is 2.06. The van der Waals surface area contributed by atoms with E-state index in [-0.39, 0.29) is 18.1 Å². The Kier molecular flexibility index (Phi) is 4.99. The highest BCUT2D eigenvalue weighted by Gasteiger charge is 2.07. The quantitative estimate of drug-likeness (QED) is 0.601. The topological polar surface area (TPSA) is 73.8 Å². The Balaban J connectivity index is 0.00000196. The van der Waals surface area contributed by atoms with Crippen molar-refractivity contribution in [1.29, 1.82) is 0 Å². The van der Waals surface area contributed by atoms with Crippen LogP contribution in [0.15, 0.2) is 18.2 Å². The highest BCUT2D eigenvalue weighted by Crippen LogP contribution is 2.16. The van der Waals surface area contributed by atoms with Crippen LogP contribution in [0.5, 0.6) is 0 Å². The Bertz CT molecular complexity index is 436. The molecule has 0 atom stereocenters. The van der Waals surface area contributed by atoms with Crippen LogP contribution in [0.4, 0.5) is 10.1 Å². The summed E-state index contributed by atoms with van der Waals surface area (Å²) in [6.45, 7) is 0.468. The standard InChI is InChI=1S/C8H11FN2O2S.ClH/c1-14(12,13)11-8-3-2-6(5-10)4-7(8)9;/h2-4,11H,5,10H2,1H3;1H. The molecule has 0 radical (unpaired) electrons. The molecular formula is C8H12ClFN2O2S. The van der Waals surface area contributed by atoms with Crippen LogP contribution >= 0.6 is 0 Å². The number of benzene rings is 1. The van der Waals surface area contributed by atoms with Gasteiger partial charge in [0.1, 0.15) is 5.82 Å². The zero-order valence-corrected chi connectivity index (χ0v) is 9.70. The SMILES string of the molecule is CS(=O)(=O)Nc1ccc(C[NH3+])cc1F.[Cl-]. The Morgan fingerprint density at radius 2 is 2.07 bits per heavy atom. The number of quaternary nitrogens is 1. The number of rotatable bonds is 3. The van der Waals surface area contributed by atoms with Gasteiger partial charge < -0.3 is 18.1 Å². The second-order valence-electron chi connectivity index (χ2n) is 2.94. The second-order valence-corrected chi connectivity index (χ2v) is 4.69. The van der Waals surface area contributed by atoms with Gasteiger partial charge in [0.25, 0.3) is 0 Å². The summed E-state index contributed by atoms with van der Waals surface area (Å²) in [5.74, 6) is -0.587. The van der Waals surface area contributed by atoms with E-state index in [9.17, 15) is 12.8 Å². The van der Waals surface area contributed by atoms with Crippen molar-refractivity contribution in [2.24, 2.45) is 0 Å². The van der Waals surface area contributed by atoms with E-state index >= 15 is 0 Å². The molecule has 0 saturated carbocycles. The molecule has 4 nitrogen and oxygen atoms in total. The molecule has 0 amide bonds. The Hall–Kier alpha value is -0.850. The molecule has 4 N–H and O–H groups in total.